The molecule has 4 aromatic carbocycles. The number of hydrogen-bond donors (Lipinski definition) is 5. The molecule has 63 heavy (non-hydrogen) atoms. The number of fused-ring (bicyclic) bond motifs is 4. The number of phenols is 2. The maximum absolute atomic E-state index is 11.4. The normalized spacial score (nSPS) is 24.1. The number of nitrogens with one attached hydrogen (secondary N) is 1. The number of aryl methyl sites for hydroxylation is 2. The van der Waals surface area contributed by atoms with Crippen molar-refractivity contribution in [2.75, 3.05) is 13.2 Å². The monoisotopic (exact) mass is 851 g/mol. The SMILES string of the molecule is NC1C=CC2=C(N1)n1cc3cc(C4(c5ccccc5)CCOC5(CCCCC5)C4)cc(c3c1)COc1cc(ccc1O)CCC(O)CC(CCCCCCc1ccc(O)cc1)OC2. The maximum Gasteiger partial charge on any atom is 0.161 e. The Kier molecular flexibility index (Phi) is 13.3. The number of ether oxygens (including phenoxy) is 3. The summed E-state index contributed by atoms with van der Waals surface area (Å²) in [6.45, 7) is 1.35. The molecule has 0 amide bonds. The number of nitrogens with two attached hydrogens (primary N) is 1. The summed E-state index contributed by atoms with van der Waals surface area (Å²) in [4.78, 5) is 0. The van der Waals surface area contributed by atoms with E-state index in [1.165, 1.54) is 36.0 Å². The number of benzene rings is 4. The molecule has 4 atom stereocenters. The van der Waals surface area contributed by atoms with Gasteiger partial charge in [0.1, 0.15) is 18.2 Å². The molecule has 6 N–H and O–H groups in total. The molecule has 0 radical (unpaired) electrons. The van der Waals surface area contributed by atoms with Crippen molar-refractivity contribution in [1.82, 2.24) is 9.88 Å². The van der Waals surface area contributed by atoms with Crippen molar-refractivity contribution in [3.8, 4) is 17.2 Å². The van der Waals surface area contributed by atoms with Crippen LogP contribution < -0.4 is 15.8 Å². The number of aliphatic hydroxyl groups excluding tert-OH is 1. The molecule has 1 aromatic heterocycles. The molecule has 9 nitrogen and oxygen atoms in total. The van der Waals surface area contributed by atoms with Crippen molar-refractivity contribution in [1.29, 1.82) is 0 Å². The van der Waals surface area contributed by atoms with Crippen LogP contribution in [0.3, 0.4) is 0 Å². The molecule has 4 unspecified atom stereocenters. The van der Waals surface area contributed by atoms with Crippen LogP contribution in [0, 0.1) is 0 Å². The van der Waals surface area contributed by atoms with Gasteiger partial charge in [0.2, 0.25) is 0 Å². The molecule has 3 aliphatic heterocycles. The van der Waals surface area contributed by atoms with Crippen molar-refractivity contribution >= 4 is 16.6 Å². The molecule has 4 heterocycles. The zero-order chi connectivity index (χ0) is 43.2. The molecule has 4 bridgehead atoms. The van der Waals surface area contributed by atoms with Gasteiger partial charge in [-0.05, 0) is 128 Å². The highest BCUT2D eigenvalue weighted by atomic mass is 16.5. The lowest BCUT2D eigenvalue weighted by atomic mass is 9.62. The van der Waals surface area contributed by atoms with Crippen molar-refractivity contribution < 1.29 is 29.5 Å². The predicted molar refractivity (Wildman–Crippen MR) is 250 cm³/mol. The van der Waals surface area contributed by atoms with Crippen molar-refractivity contribution in [2.45, 2.75) is 139 Å². The van der Waals surface area contributed by atoms with Gasteiger partial charge >= 0.3 is 0 Å². The third-order valence-electron chi connectivity index (χ3n) is 14.3. The van der Waals surface area contributed by atoms with Crippen LogP contribution in [0.4, 0.5) is 0 Å². The molecule has 332 valence electrons. The van der Waals surface area contributed by atoms with Crippen LogP contribution in [0.25, 0.3) is 16.6 Å². The Morgan fingerprint density at radius 3 is 2.49 bits per heavy atom. The molecule has 4 aliphatic rings. The zero-order valence-corrected chi connectivity index (χ0v) is 36.7. The van der Waals surface area contributed by atoms with Gasteiger partial charge in [0, 0.05) is 40.8 Å². The van der Waals surface area contributed by atoms with Gasteiger partial charge in [-0.3, -0.25) is 0 Å². The number of aromatic nitrogens is 1. The van der Waals surface area contributed by atoms with E-state index < -0.39 is 6.10 Å². The number of phenolic OH excluding ortho intramolecular Hbond substituents is 2. The van der Waals surface area contributed by atoms with Gasteiger partial charge in [-0.25, -0.2) is 0 Å². The van der Waals surface area contributed by atoms with E-state index in [4.69, 9.17) is 19.9 Å². The predicted octanol–water partition coefficient (Wildman–Crippen LogP) is 10.3. The Morgan fingerprint density at radius 2 is 1.65 bits per heavy atom. The summed E-state index contributed by atoms with van der Waals surface area (Å²) < 4.78 is 22.3. The number of rotatable bonds is 9. The summed E-state index contributed by atoms with van der Waals surface area (Å²) in [7, 11) is 0. The van der Waals surface area contributed by atoms with Crippen LogP contribution in [-0.4, -0.2) is 57.1 Å². The minimum Gasteiger partial charge on any atom is -0.508 e. The molecule has 1 saturated heterocycles. The van der Waals surface area contributed by atoms with Crippen LogP contribution in [0.5, 0.6) is 17.2 Å². The Balaban J connectivity index is 1.06. The third kappa shape index (κ3) is 10.0. The van der Waals surface area contributed by atoms with E-state index >= 15 is 0 Å². The average molecular weight is 852 g/mol. The van der Waals surface area contributed by atoms with Gasteiger partial charge in [0.25, 0.3) is 0 Å². The lowest BCUT2D eigenvalue weighted by molar-refractivity contribution is -0.119. The highest BCUT2D eigenvalue weighted by molar-refractivity contribution is 5.88. The molecule has 1 spiro atoms. The highest BCUT2D eigenvalue weighted by Gasteiger charge is 2.48. The first-order valence-electron chi connectivity index (χ1n) is 23.5. The van der Waals surface area contributed by atoms with Gasteiger partial charge < -0.3 is 45.1 Å². The molecule has 1 saturated carbocycles. The Labute approximate surface area is 372 Å². The fraction of sp³-hybridized carbons (Fsp3) is 0.444. The first kappa shape index (κ1) is 43.2. The summed E-state index contributed by atoms with van der Waals surface area (Å²) in [5.74, 6) is 1.71. The average Bonchev–Trinajstić information content (AvgIpc) is 3.74. The molecule has 2 fully saturated rings. The van der Waals surface area contributed by atoms with Crippen molar-refractivity contribution in [2.24, 2.45) is 5.73 Å². The lowest BCUT2D eigenvalue weighted by Gasteiger charge is -2.50. The van der Waals surface area contributed by atoms with E-state index in [2.05, 4.69) is 70.8 Å². The third-order valence-corrected chi connectivity index (χ3v) is 14.3. The summed E-state index contributed by atoms with van der Waals surface area (Å²) in [6.07, 6.45) is 22.9. The number of aliphatic hydroxyl groups is 1. The second-order valence-electron chi connectivity index (χ2n) is 18.7. The Morgan fingerprint density at radius 1 is 0.825 bits per heavy atom. The summed E-state index contributed by atoms with van der Waals surface area (Å²) in [6, 6.07) is 28.8. The van der Waals surface area contributed by atoms with Gasteiger partial charge in [0.05, 0.1) is 30.6 Å². The maximum atomic E-state index is 11.4. The molecule has 9 heteroatoms. The van der Waals surface area contributed by atoms with E-state index in [0.29, 0.717) is 44.0 Å². The van der Waals surface area contributed by atoms with Crippen molar-refractivity contribution in [3.05, 3.63) is 143 Å². The first-order chi connectivity index (χ1) is 30.7. The van der Waals surface area contributed by atoms with Gasteiger partial charge in [-0.2, -0.15) is 0 Å². The second kappa shape index (κ2) is 19.4. The highest BCUT2D eigenvalue weighted by Crippen LogP contribution is 2.52. The fourth-order valence-corrected chi connectivity index (χ4v) is 10.8. The van der Waals surface area contributed by atoms with Crippen LogP contribution in [0.2, 0.25) is 0 Å². The minimum absolute atomic E-state index is 0.0987. The summed E-state index contributed by atoms with van der Waals surface area (Å²) in [5, 5.41) is 37.9. The molecule has 5 aromatic rings. The standard InChI is InChI=1S/C54H65N3O6/c55-51-24-19-40-35-61-47(14-8-2-1-5-11-38-15-20-45(58)21-16-38)32-46(59)22-17-39-18-23-49(60)50(29-39)62-36-42-31-44(30-41-33-57(34-48(41)42)52(40)56-51)54(43-12-6-3-7-13-43)27-28-63-53(37-54)25-9-4-10-26-53/h3,6-7,12-13,15-16,18-21,23-24,29-31,33-34,46-47,51,56,58-60H,1-2,4-5,8-11,14,17,22,25-28,32,35-37,55H2. The molecule has 9 rings (SSSR count). The topological polar surface area (TPSA) is 131 Å². The minimum atomic E-state index is -0.555. The van der Waals surface area contributed by atoms with Crippen LogP contribution in [0.15, 0.2) is 115 Å². The number of aromatic hydroxyl groups is 2. The van der Waals surface area contributed by atoms with Gasteiger partial charge in [-0.15, -0.1) is 0 Å². The van der Waals surface area contributed by atoms with E-state index in [9.17, 15) is 15.3 Å². The van der Waals surface area contributed by atoms with E-state index in [0.717, 1.165) is 97.5 Å². The number of dihydropyridines is 1. The zero-order valence-electron chi connectivity index (χ0n) is 36.7. The summed E-state index contributed by atoms with van der Waals surface area (Å²) >= 11 is 0. The number of unbranched alkanes of at least 4 members (excludes halogenated alkanes) is 3. The quantitative estimate of drug-likeness (QED) is 0.0927. The number of hydrogen-bond acceptors (Lipinski definition) is 8. The van der Waals surface area contributed by atoms with Gasteiger partial charge in [-0.1, -0.05) is 99.2 Å². The summed E-state index contributed by atoms with van der Waals surface area (Å²) in [5.41, 5.74) is 13.0. The smallest absolute Gasteiger partial charge is 0.161 e. The fourth-order valence-electron chi connectivity index (χ4n) is 10.8. The van der Waals surface area contributed by atoms with Crippen molar-refractivity contribution in [3.63, 3.8) is 0 Å². The Hall–Kier alpha value is -5.06. The molecular formula is C54H65N3O6. The van der Waals surface area contributed by atoms with Crippen LogP contribution >= 0.6 is 0 Å². The first-order valence-corrected chi connectivity index (χ1v) is 23.5. The second-order valence-corrected chi connectivity index (χ2v) is 18.7. The van der Waals surface area contributed by atoms with E-state index in [1.54, 1.807) is 18.2 Å². The van der Waals surface area contributed by atoms with E-state index in [1.807, 2.05) is 30.3 Å². The molecular weight excluding hydrogens is 787 g/mol. The number of nitrogens with zero attached hydrogens (tertiary/aromatic N) is 1. The Bertz CT molecular complexity index is 2380. The van der Waals surface area contributed by atoms with Crippen LogP contribution in [0.1, 0.15) is 118 Å². The largest absolute Gasteiger partial charge is 0.508 e. The molecule has 1 aliphatic carbocycles. The lowest BCUT2D eigenvalue weighted by Crippen LogP contribution is -2.49. The van der Waals surface area contributed by atoms with Gasteiger partial charge in [0.15, 0.2) is 11.5 Å². The van der Waals surface area contributed by atoms with E-state index in [-0.39, 0.29) is 35.6 Å². The van der Waals surface area contributed by atoms with Crippen LogP contribution in [-0.2, 0) is 34.3 Å².